The lowest BCUT2D eigenvalue weighted by Gasteiger charge is -2.55. The van der Waals surface area contributed by atoms with Gasteiger partial charge in [-0.15, -0.1) is 0 Å². The molecule has 5 rings (SSSR count). The van der Waals surface area contributed by atoms with Crippen LogP contribution in [0.5, 0.6) is 0 Å². The Hall–Kier alpha value is -2.51. The Labute approximate surface area is 174 Å². The Morgan fingerprint density at radius 1 is 0.967 bits per heavy atom. The van der Waals surface area contributed by atoms with Gasteiger partial charge in [-0.25, -0.2) is 8.78 Å². The summed E-state index contributed by atoms with van der Waals surface area (Å²) in [4.78, 5) is 36.7. The number of hydrazine groups is 1. The molecule has 0 aliphatic heterocycles. The van der Waals surface area contributed by atoms with Crippen molar-refractivity contribution in [1.82, 2.24) is 16.2 Å². The highest BCUT2D eigenvalue weighted by molar-refractivity contribution is 5.94. The first-order valence-corrected chi connectivity index (χ1v) is 10.7. The predicted molar refractivity (Wildman–Crippen MR) is 105 cm³/mol. The lowest BCUT2D eigenvalue weighted by atomic mass is 9.49. The third kappa shape index (κ3) is 4.32. The molecule has 4 aliphatic rings. The van der Waals surface area contributed by atoms with Gasteiger partial charge in [0.25, 0.3) is 5.91 Å². The van der Waals surface area contributed by atoms with Gasteiger partial charge in [-0.05, 0) is 74.8 Å². The molecular formula is C22H27F2N3O3. The molecule has 3 amide bonds. The van der Waals surface area contributed by atoms with Gasteiger partial charge in [0.05, 0.1) is 11.0 Å². The molecule has 4 bridgehead atoms. The topological polar surface area (TPSA) is 87.3 Å². The van der Waals surface area contributed by atoms with Crippen LogP contribution in [0.3, 0.4) is 0 Å². The van der Waals surface area contributed by atoms with Gasteiger partial charge in [-0.3, -0.25) is 25.2 Å². The first kappa shape index (κ1) is 20.8. The third-order valence-corrected chi connectivity index (χ3v) is 6.88. The zero-order valence-electron chi connectivity index (χ0n) is 16.8. The number of hydrogen-bond donors (Lipinski definition) is 3. The van der Waals surface area contributed by atoms with Crippen LogP contribution in [0, 0.1) is 34.8 Å². The van der Waals surface area contributed by atoms with Crippen LogP contribution in [-0.4, -0.2) is 24.3 Å². The number of nitrogens with one attached hydrogen (secondary N) is 3. The van der Waals surface area contributed by atoms with Crippen LogP contribution < -0.4 is 16.2 Å². The van der Waals surface area contributed by atoms with E-state index in [0.717, 1.165) is 31.4 Å². The van der Waals surface area contributed by atoms with Crippen molar-refractivity contribution >= 4 is 17.7 Å². The molecule has 4 aliphatic carbocycles. The SMILES string of the molecule is O=C(CCCNC(=O)c1ccc(F)cc1F)NNC(=O)C12CC3CC(CC(C3)C1)C2. The van der Waals surface area contributed by atoms with Crippen molar-refractivity contribution in [3.8, 4) is 0 Å². The molecule has 1 aromatic rings. The maximum Gasteiger partial charge on any atom is 0.254 e. The first-order chi connectivity index (χ1) is 14.3. The van der Waals surface area contributed by atoms with Crippen LogP contribution in [0.15, 0.2) is 18.2 Å². The van der Waals surface area contributed by atoms with Crippen molar-refractivity contribution in [3.05, 3.63) is 35.4 Å². The van der Waals surface area contributed by atoms with Gasteiger partial charge in [0.1, 0.15) is 11.6 Å². The van der Waals surface area contributed by atoms with Crippen LogP contribution in [-0.2, 0) is 9.59 Å². The van der Waals surface area contributed by atoms with E-state index in [1.54, 1.807) is 0 Å². The van der Waals surface area contributed by atoms with Crippen LogP contribution >= 0.6 is 0 Å². The monoisotopic (exact) mass is 419 g/mol. The molecule has 0 aromatic heterocycles. The number of hydrogen-bond acceptors (Lipinski definition) is 3. The predicted octanol–water partition coefficient (Wildman–Crippen LogP) is 2.84. The van der Waals surface area contributed by atoms with Gasteiger partial charge >= 0.3 is 0 Å². The van der Waals surface area contributed by atoms with E-state index in [9.17, 15) is 23.2 Å². The standard InChI is InChI=1S/C22H27F2N3O3/c23-16-3-4-17(18(24)9-16)20(29)25-5-1-2-19(28)26-27-21(30)22-10-13-6-14(11-22)8-15(7-13)12-22/h3-4,9,13-15H,1-2,5-8,10-12H2,(H,25,29)(H,26,28)(H,27,30). The minimum absolute atomic E-state index is 0.0740. The van der Waals surface area contributed by atoms with E-state index in [4.69, 9.17) is 0 Å². The van der Waals surface area contributed by atoms with Gasteiger partial charge < -0.3 is 5.32 Å². The van der Waals surface area contributed by atoms with E-state index < -0.39 is 17.5 Å². The molecule has 0 saturated heterocycles. The van der Waals surface area contributed by atoms with Gasteiger partial charge in [0.2, 0.25) is 11.8 Å². The average molecular weight is 419 g/mol. The molecule has 4 fully saturated rings. The van der Waals surface area contributed by atoms with Crippen molar-refractivity contribution in [1.29, 1.82) is 0 Å². The molecule has 0 radical (unpaired) electrons. The van der Waals surface area contributed by atoms with Crippen LogP contribution in [0.4, 0.5) is 8.78 Å². The molecule has 3 N–H and O–H groups in total. The number of carbonyl (C=O) groups excluding carboxylic acids is 3. The van der Waals surface area contributed by atoms with Gasteiger partial charge in [0.15, 0.2) is 0 Å². The zero-order valence-corrected chi connectivity index (χ0v) is 16.8. The Morgan fingerprint density at radius 3 is 2.20 bits per heavy atom. The van der Waals surface area contributed by atoms with E-state index in [-0.39, 0.29) is 35.8 Å². The summed E-state index contributed by atoms with van der Waals surface area (Å²) in [7, 11) is 0. The summed E-state index contributed by atoms with van der Waals surface area (Å²) in [6.45, 7) is 0.159. The number of rotatable bonds is 6. The number of benzene rings is 1. The van der Waals surface area contributed by atoms with E-state index in [1.165, 1.54) is 19.3 Å². The fourth-order valence-electron chi connectivity index (χ4n) is 5.93. The Bertz CT molecular complexity index is 823. The maximum atomic E-state index is 13.6. The van der Waals surface area contributed by atoms with Crippen LogP contribution in [0.25, 0.3) is 0 Å². The van der Waals surface area contributed by atoms with Crippen molar-refractivity contribution in [2.24, 2.45) is 23.2 Å². The van der Waals surface area contributed by atoms with Crippen molar-refractivity contribution in [2.45, 2.75) is 51.4 Å². The lowest BCUT2D eigenvalue weighted by molar-refractivity contribution is -0.148. The summed E-state index contributed by atoms with van der Waals surface area (Å²) < 4.78 is 26.5. The molecule has 0 atom stereocenters. The normalized spacial score (nSPS) is 28.8. The van der Waals surface area contributed by atoms with E-state index >= 15 is 0 Å². The Balaban J connectivity index is 1.17. The minimum atomic E-state index is -0.933. The first-order valence-electron chi connectivity index (χ1n) is 10.7. The second kappa shape index (κ2) is 8.32. The molecule has 0 spiro atoms. The molecule has 30 heavy (non-hydrogen) atoms. The van der Waals surface area contributed by atoms with Crippen molar-refractivity contribution < 1.29 is 23.2 Å². The van der Waals surface area contributed by atoms with Gasteiger partial charge in [-0.2, -0.15) is 0 Å². The lowest BCUT2D eigenvalue weighted by Crippen LogP contribution is -2.56. The molecule has 8 heteroatoms. The molecule has 162 valence electrons. The fraction of sp³-hybridized carbons (Fsp3) is 0.591. The summed E-state index contributed by atoms with van der Waals surface area (Å²) in [5.41, 5.74) is 4.54. The summed E-state index contributed by atoms with van der Waals surface area (Å²) in [6.07, 6.45) is 6.93. The molecule has 1 aromatic carbocycles. The Kier molecular flexibility index (Phi) is 5.75. The van der Waals surface area contributed by atoms with Crippen molar-refractivity contribution in [3.63, 3.8) is 0 Å². The highest BCUT2D eigenvalue weighted by Gasteiger charge is 2.54. The highest BCUT2D eigenvalue weighted by Crippen LogP contribution is 2.60. The van der Waals surface area contributed by atoms with E-state index in [2.05, 4.69) is 16.2 Å². The smallest absolute Gasteiger partial charge is 0.254 e. The number of amides is 3. The largest absolute Gasteiger partial charge is 0.352 e. The minimum Gasteiger partial charge on any atom is -0.352 e. The third-order valence-electron chi connectivity index (χ3n) is 6.88. The number of carbonyl (C=O) groups is 3. The van der Waals surface area contributed by atoms with Gasteiger partial charge in [-0.1, -0.05) is 0 Å². The molecule has 0 unspecified atom stereocenters. The second-order valence-corrected chi connectivity index (χ2v) is 9.18. The average Bonchev–Trinajstić information content (AvgIpc) is 2.68. The summed E-state index contributed by atoms with van der Waals surface area (Å²) in [5, 5.41) is 2.50. The fourth-order valence-corrected chi connectivity index (χ4v) is 5.93. The van der Waals surface area contributed by atoms with E-state index in [1.807, 2.05) is 0 Å². The summed E-state index contributed by atoms with van der Waals surface area (Å²) >= 11 is 0. The molecule has 4 saturated carbocycles. The zero-order chi connectivity index (χ0) is 21.3. The van der Waals surface area contributed by atoms with Crippen LogP contribution in [0.2, 0.25) is 0 Å². The second-order valence-electron chi connectivity index (χ2n) is 9.18. The van der Waals surface area contributed by atoms with Crippen molar-refractivity contribution in [2.75, 3.05) is 6.54 Å². The van der Waals surface area contributed by atoms with Crippen LogP contribution in [0.1, 0.15) is 61.7 Å². The maximum absolute atomic E-state index is 13.6. The number of halogens is 2. The summed E-state index contributed by atoms with van der Waals surface area (Å²) in [5.74, 6) is -0.825. The Morgan fingerprint density at radius 2 is 1.60 bits per heavy atom. The summed E-state index contributed by atoms with van der Waals surface area (Å²) in [6, 6.07) is 2.74. The highest BCUT2D eigenvalue weighted by atomic mass is 19.1. The van der Waals surface area contributed by atoms with Gasteiger partial charge in [0, 0.05) is 19.0 Å². The van der Waals surface area contributed by atoms with E-state index in [0.29, 0.717) is 30.2 Å². The molecular weight excluding hydrogens is 392 g/mol. The quantitative estimate of drug-likeness (QED) is 0.490. The molecule has 6 nitrogen and oxygen atoms in total. The molecule has 0 heterocycles.